The highest BCUT2D eigenvalue weighted by Crippen LogP contribution is 2.34. The maximum Gasteiger partial charge on any atom is 0.450 e. The average molecular weight is 384 g/mol. The Hall–Kier alpha value is -2.68. The van der Waals surface area contributed by atoms with Crippen molar-refractivity contribution in [1.82, 2.24) is 9.55 Å². The summed E-state index contributed by atoms with van der Waals surface area (Å²) in [5.41, 5.74) is 0.521. The Labute approximate surface area is 146 Å². The number of alkyl halides is 3. The van der Waals surface area contributed by atoms with Gasteiger partial charge in [-0.3, -0.25) is 4.57 Å². The maximum absolute atomic E-state index is 13.4. The number of imidazole rings is 1. The van der Waals surface area contributed by atoms with Gasteiger partial charge in [0.1, 0.15) is 5.82 Å². The van der Waals surface area contributed by atoms with Crippen LogP contribution < -0.4 is 0 Å². The molecule has 0 saturated carbocycles. The first-order valence-electron chi connectivity index (χ1n) is 7.29. The largest absolute Gasteiger partial charge is 0.450 e. The van der Waals surface area contributed by atoms with E-state index in [0.717, 1.165) is 29.2 Å². The first-order valence-corrected chi connectivity index (χ1v) is 9.18. The van der Waals surface area contributed by atoms with E-state index in [2.05, 4.69) is 4.98 Å². The van der Waals surface area contributed by atoms with Gasteiger partial charge in [0, 0.05) is 17.5 Å². The third-order valence-electron chi connectivity index (χ3n) is 3.68. The van der Waals surface area contributed by atoms with E-state index >= 15 is 0 Å². The minimum absolute atomic E-state index is 0.0155. The number of halogens is 4. The van der Waals surface area contributed by atoms with E-state index in [4.69, 9.17) is 0 Å². The smallest absolute Gasteiger partial charge is 0.289 e. The number of benzene rings is 2. The summed E-state index contributed by atoms with van der Waals surface area (Å²) >= 11 is 0. The Morgan fingerprint density at radius 3 is 2.04 bits per heavy atom. The van der Waals surface area contributed by atoms with Crippen molar-refractivity contribution in [3.63, 3.8) is 0 Å². The maximum atomic E-state index is 13.4. The third-order valence-corrected chi connectivity index (χ3v) is 4.81. The number of hydrogen-bond acceptors (Lipinski definition) is 3. The van der Waals surface area contributed by atoms with Crippen LogP contribution in [0.25, 0.3) is 16.9 Å². The van der Waals surface area contributed by atoms with Crippen molar-refractivity contribution in [1.29, 1.82) is 0 Å². The van der Waals surface area contributed by atoms with E-state index in [1.165, 1.54) is 36.4 Å². The van der Waals surface area contributed by atoms with E-state index in [0.29, 0.717) is 5.56 Å². The Morgan fingerprint density at radius 1 is 0.962 bits per heavy atom. The standard InChI is InChI=1S/C17H12F4N2O2S/c1-26(24,25)14-8-6-13(7-9-14)23-15(10-22-16(23)17(19,20)21)11-2-4-12(18)5-3-11/h2-10H,1H3. The molecule has 0 aliphatic rings. The van der Waals surface area contributed by atoms with Gasteiger partial charge in [0.2, 0.25) is 5.82 Å². The van der Waals surface area contributed by atoms with Crippen LogP contribution in [0.15, 0.2) is 59.6 Å². The fourth-order valence-corrected chi connectivity index (χ4v) is 3.11. The molecule has 136 valence electrons. The highest BCUT2D eigenvalue weighted by Gasteiger charge is 2.38. The van der Waals surface area contributed by atoms with Crippen LogP contribution in [-0.4, -0.2) is 24.2 Å². The lowest BCUT2D eigenvalue weighted by Crippen LogP contribution is -2.14. The van der Waals surface area contributed by atoms with E-state index in [9.17, 15) is 26.0 Å². The van der Waals surface area contributed by atoms with Gasteiger partial charge >= 0.3 is 6.18 Å². The summed E-state index contributed by atoms with van der Waals surface area (Å²) in [5.74, 6) is -1.68. The van der Waals surface area contributed by atoms with E-state index in [1.54, 1.807) is 0 Å². The van der Waals surface area contributed by atoms with E-state index in [1.807, 2.05) is 0 Å². The van der Waals surface area contributed by atoms with E-state index < -0.39 is 27.7 Å². The normalized spacial score (nSPS) is 12.3. The highest BCUT2D eigenvalue weighted by atomic mass is 32.2. The van der Waals surface area contributed by atoms with Crippen LogP contribution in [-0.2, 0) is 16.0 Å². The number of rotatable bonds is 3. The lowest BCUT2D eigenvalue weighted by Gasteiger charge is -2.14. The average Bonchev–Trinajstić information content (AvgIpc) is 3.00. The van der Waals surface area contributed by atoms with Crippen molar-refractivity contribution in [2.75, 3.05) is 6.26 Å². The zero-order valence-corrected chi connectivity index (χ0v) is 14.1. The second kappa shape index (κ2) is 6.24. The molecule has 9 heteroatoms. The van der Waals surface area contributed by atoms with Gasteiger partial charge < -0.3 is 0 Å². The molecule has 1 aromatic heterocycles. The molecular weight excluding hydrogens is 372 g/mol. The monoisotopic (exact) mass is 384 g/mol. The molecule has 0 aliphatic heterocycles. The topological polar surface area (TPSA) is 52.0 Å². The molecule has 0 atom stereocenters. The van der Waals surface area contributed by atoms with Gasteiger partial charge in [0.15, 0.2) is 9.84 Å². The molecule has 0 spiro atoms. The Kier molecular flexibility index (Phi) is 4.35. The first kappa shape index (κ1) is 18.1. The van der Waals surface area contributed by atoms with Crippen molar-refractivity contribution >= 4 is 9.84 Å². The molecule has 0 radical (unpaired) electrons. The number of sulfone groups is 1. The van der Waals surface area contributed by atoms with E-state index in [-0.39, 0.29) is 16.3 Å². The van der Waals surface area contributed by atoms with Crippen molar-refractivity contribution in [3.8, 4) is 16.9 Å². The summed E-state index contributed by atoms with van der Waals surface area (Å²) in [7, 11) is -3.48. The quantitative estimate of drug-likeness (QED) is 0.639. The molecule has 1 heterocycles. The minimum Gasteiger partial charge on any atom is -0.289 e. The summed E-state index contributed by atoms with van der Waals surface area (Å²) in [5, 5.41) is 0. The molecule has 0 N–H and O–H groups in total. The zero-order chi connectivity index (χ0) is 19.1. The van der Waals surface area contributed by atoms with Crippen LogP contribution in [0.5, 0.6) is 0 Å². The molecule has 0 unspecified atom stereocenters. The molecule has 0 amide bonds. The predicted octanol–water partition coefficient (Wildman–Crippen LogP) is 4.10. The Balaban J connectivity index is 2.21. The number of nitrogens with zero attached hydrogens (tertiary/aromatic N) is 2. The fourth-order valence-electron chi connectivity index (χ4n) is 2.48. The molecule has 2 aromatic carbocycles. The molecule has 4 nitrogen and oxygen atoms in total. The van der Waals surface area contributed by atoms with Crippen LogP contribution >= 0.6 is 0 Å². The summed E-state index contributed by atoms with van der Waals surface area (Å²) in [4.78, 5) is 3.44. The molecule has 0 aliphatic carbocycles. The summed E-state index contributed by atoms with van der Waals surface area (Å²) in [6.07, 6.45) is -2.68. The van der Waals surface area contributed by atoms with Gasteiger partial charge in [-0.2, -0.15) is 13.2 Å². The van der Waals surface area contributed by atoms with Crippen molar-refractivity contribution in [3.05, 3.63) is 66.4 Å². The van der Waals surface area contributed by atoms with Gasteiger partial charge in [-0.05, 0) is 48.5 Å². The zero-order valence-electron chi connectivity index (χ0n) is 13.3. The molecule has 0 saturated heterocycles. The van der Waals surface area contributed by atoms with Gasteiger partial charge in [0.05, 0.1) is 16.8 Å². The van der Waals surface area contributed by atoms with Crippen molar-refractivity contribution < 1.29 is 26.0 Å². The predicted molar refractivity (Wildman–Crippen MR) is 87.1 cm³/mol. The molecule has 0 bridgehead atoms. The molecule has 0 fully saturated rings. The summed E-state index contributed by atoms with van der Waals surface area (Å²) < 4.78 is 77.1. The second-order valence-corrected chi connectivity index (χ2v) is 7.59. The van der Waals surface area contributed by atoms with Gasteiger partial charge in [-0.15, -0.1) is 0 Å². The SMILES string of the molecule is CS(=O)(=O)c1ccc(-n2c(-c3ccc(F)cc3)cnc2C(F)(F)F)cc1. The van der Waals surface area contributed by atoms with Gasteiger partial charge in [0.25, 0.3) is 0 Å². The molecule has 3 aromatic rings. The lowest BCUT2D eigenvalue weighted by molar-refractivity contribution is -0.145. The van der Waals surface area contributed by atoms with Crippen molar-refractivity contribution in [2.24, 2.45) is 0 Å². The van der Waals surface area contributed by atoms with Crippen LogP contribution in [0, 0.1) is 5.82 Å². The molecule has 26 heavy (non-hydrogen) atoms. The van der Waals surface area contributed by atoms with Crippen LogP contribution in [0.1, 0.15) is 5.82 Å². The first-order chi connectivity index (χ1) is 12.1. The van der Waals surface area contributed by atoms with Crippen molar-refractivity contribution in [2.45, 2.75) is 11.1 Å². The van der Waals surface area contributed by atoms with Gasteiger partial charge in [-0.25, -0.2) is 17.8 Å². The Morgan fingerprint density at radius 2 is 1.54 bits per heavy atom. The van der Waals surface area contributed by atoms with Crippen LogP contribution in [0.2, 0.25) is 0 Å². The number of aromatic nitrogens is 2. The fraction of sp³-hybridized carbons (Fsp3) is 0.118. The second-order valence-electron chi connectivity index (χ2n) is 5.57. The molecular formula is C17H12F4N2O2S. The lowest BCUT2D eigenvalue weighted by atomic mass is 10.1. The third kappa shape index (κ3) is 3.48. The number of hydrogen-bond donors (Lipinski definition) is 0. The highest BCUT2D eigenvalue weighted by molar-refractivity contribution is 7.90. The molecule has 3 rings (SSSR count). The van der Waals surface area contributed by atoms with Crippen LogP contribution in [0.3, 0.4) is 0 Å². The summed E-state index contributed by atoms with van der Waals surface area (Å²) in [6, 6.07) is 9.92. The Bertz CT molecular complexity index is 1040. The van der Waals surface area contributed by atoms with Crippen LogP contribution in [0.4, 0.5) is 17.6 Å². The minimum atomic E-state index is -4.73. The summed E-state index contributed by atoms with van der Waals surface area (Å²) in [6.45, 7) is 0. The van der Waals surface area contributed by atoms with Gasteiger partial charge in [-0.1, -0.05) is 0 Å².